The third kappa shape index (κ3) is 1.81. The van der Waals surface area contributed by atoms with E-state index in [0.29, 0.717) is 17.1 Å². The molecule has 0 bridgehead atoms. The Balaban J connectivity index is 2.26. The summed E-state index contributed by atoms with van der Waals surface area (Å²) in [5.74, 6) is 0.386. The maximum Gasteiger partial charge on any atom is 0.231 e. The summed E-state index contributed by atoms with van der Waals surface area (Å²) in [6, 6.07) is 9.13. The minimum absolute atomic E-state index is 0.00318. The molecule has 0 spiro atoms. The van der Waals surface area contributed by atoms with E-state index in [1.807, 2.05) is 26.0 Å². The zero-order valence-corrected chi connectivity index (χ0v) is 10.8. The molecule has 0 saturated heterocycles. The zero-order chi connectivity index (χ0) is 13.6. The molecule has 0 aliphatic carbocycles. The van der Waals surface area contributed by atoms with Crippen LogP contribution in [0.2, 0.25) is 0 Å². The van der Waals surface area contributed by atoms with Crippen LogP contribution in [0.3, 0.4) is 0 Å². The van der Waals surface area contributed by atoms with E-state index < -0.39 is 0 Å². The minimum atomic E-state index is 0.00318. The third-order valence-corrected chi connectivity index (χ3v) is 3.12. The van der Waals surface area contributed by atoms with Gasteiger partial charge in [0.05, 0.1) is 11.3 Å². The van der Waals surface area contributed by atoms with Gasteiger partial charge in [-0.05, 0) is 43.2 Å². The number of aromatic hydroxyl groups is 1. The molecule has 3 rings (SSSR count). The van der Waals surface area contributed by atoms with Crippen molar-refractivity contribution in [2.75, 3.05) is 5.73 Å². The number of aryl methyl sites for hydroxylation is 2. The van der Waals surface area contributed by atoms with Crippen LogP contribution < -0.4 is 5.73 Å². The highest BCUT2D eigenvalue weighted by Gasteiger charge is 2.15. The Morgan fingerprint density at radius 3 is 2.79 bits per heavy atom. The highest BCUT2D eigenvalue weighted by molar-refractivity contribution is 5.82. The number of rotatable bonds is 1. The molecule has 0 aliphatic rings. The van der Waals surface area contributed by atoms with Gasteiger partial charge in [-0.1, -0.05) is 12.1 Å². The van der Waals surface area contributed by atoms with Gasteiger partial charge in [0.15, 0.2) is 11.3 Å². The Bertz CT molecular complexity index is 775. The number of anilines is 1. The number of para-hydroxylation sites is 1. The molecule has 1 heterocycles. The fraction of sp³-hybridized carbons (Fsp3) is 0.133. The molecular formula is C15H14N2O2. The number of benzene rings is 2. The second-order valence-corrected chi connectivity index (χ2v) is 4.69. The van der Waals surface area contributed by atoms with Crippen molar-refractivity contribution in [3.8, 4) is 17.2 Å². The minimum Gasteiger partial charge on any atom is -0.505 e. The van der Waals surface area contributed by atoms with Gasteiger partial charge in [-0.3, -0.25) is 0 Å². The lowest BCUT2D eigenvalue weighted by Gasteiger charge is -2.02. The van der Waals surface area contributed by atoms with Gasteiger partial charge in [0.1, 0.15) is 5.52 Å². The lowest BCUT2D eigenvalue weighted by atomic mass is 10.1. The van der Waals surface area contributed by atoms with E-state index in [9.17, 15) is 5.11 Å². The van der Waals surface area contributed by atoms with Crippen LogP contribution in [0.25, 0.3) is 22.6 Å². The molecule has 0 radical (unpaired) electrons. The monoisotopic (exact) mass is 254 g/mol. The molecule has 2 aromatic carbocycles. The van der Waals surface area contributed by atoms with E-state index in [2.05, 4.69) is 4.98 Å². The number of hydrogen-bond donors (Lipinski definition) is 2. The smallest absolute Gasteiger partial charge is 0.231 e. The number of nitrogen functional groups attached to an aromatic ring is 1. The Kier molecular flexibility index (Phi) is 2.45. The van der Waals surface area contributed by atoms with Crippen LogP contribution >= 0.6 is 0 Å². The Morgan fingerprint density at radius 2 is 2.00 bits per heavy atom. The van der Waals surface area contributed by atoms with Crippen LogP contribution in [0.5, 0.6) is 5.75 Å². The predicted octanol–water partition coefficient (Wildman–Crippen LogP) is 3.40. The van der Waals surface area contributed by atoms with Gasteiger partial charge in [0.25, 0.3) is 0 Å². The van der Waals surface area contributed by atoms with E-state index in [0.717, 1.165) is 22.2 Å². The molecule has 19 heavy (non-hydrogen) atoms. The largest absolute Gasteiger partial charge is 0.505 e. The normalized spacial score (nSPS) is 11.1. The van der Waals surface area contributed by atoms with Crippen molar-refractivity contribution >= 4 is 16.8 Å². The van der Waals surface area contributed by atoms with Crippen LogP contribution in [0, 0.1) is 13.8 Å². The van der Waals surface area contributed by atoms with Crippen molar-refractivity contribution in [1.29, 1.82) is 0 Å². The molecule has 0 unspecified atom stereocenters. The van der Waals surface area contributed by atoms with E-state index in [1.54, 1.807) is 18.2 Å². The highest BCUT2D eigenvalue weighted by Crippen LogP contribution is 2.35. The summed E-state index contributed by atoms with van der Waals surface area (Å²) in [7, 11) is 0. The van der Waals surface area contributed by atoms with Crippen LogP contribution in [0.15, 0.2) is 34.7 Å². The molecule has 4 heteroatoms. The molecule has 3 N–H and O–H groups in total. The molecule has 0 aliphatic heterocycles. The quantitative estimate of drug-likeness (QED) is 0.515. The van der Waals surface area contributed by atoms with Crippen LogP contribution in [0.4, 0.5) is 5.69 Å². The average molecular weight is 254 g/mol. The first-order valence-electron chi connectivity index (χ1n) is 6.02. The molecule has 3 aromatic rings. The van der Waals surface area contributed by atoms with Gasteiger partial charge < -0.3 is 15.3 Å². The maximum absolute atomic E-state index is 9.98. The number of oxazole rings is 1. The Morgan fingerprint density at radius 1 is 1.21 bits per heavy atom. The topological polar surface area (TPSA) is 72.3 Å². The molecule has 0 amide bonds. The molecule has 4 nitrogen and oxygen atoms in total. The molecule has 0 saturated carbocycles. The fourth-order valence-electron chi connectivity index (χ4n) is 2.23. The summed E-state index contributed by atoms with van der Waals surface area (Å²) in [6.45, 7) is 3.99. The van der Waals surface area contributed by atoms with Gasteiger partial charge in [-0.25, -0.2) is 4.98 Å². The highest BCUT2D eigenvalue weighted by atomic mass is 16.3. The first kappa shape index (κ1) is 11.6. The summed E-state index contributed by atoms with van der Waals surface area (Å²) in [5.41, 5.74) is 10.2. The summed E-state index contributed by atoms with van der Waals surface area (Å²) in [5, 5.41) is 9.98. The van der Waals surface area contributed by atoms with Crippen molar-refractivity contribution in [2.45, 2.75) is 13.8 Å². The summed E-state index contributed by atoms with van der Waals surface area (Å²) in [4.78, 5) is 4.42. The molecule has 0 fully saturated rings. The predicted molar refractivity (Wildman–Crippen MR) is 75.0 cm³/mol. The number of fused-ring (bicyclic) bond motifs is 1. The third-order valence-electron chi connectivity index (χ3n) is 3.12. The summed E-state index contributed by atoms with van der Waals surface area (Å²) >= 11 is 0. The van der Waals surface area contributed by atoms with Crippen molar-refractivity contribution in [3.05, 3.63) is 41.5 Å². The molecule has 96 valence electrons. The Hall–Kier alpha value is -2.49. The molecule has 1 aromatic heterocycles. The van der Waals surface area contributed by atoms with Crippen molar-refractivity contribution in [3.63, 3.8) is 0 Å². The van der Waals surface area contributed by atoms with E-state index in [-0.39, 0.29) is 5.75 Å². The molecule has 0 atom stereocenters. The average Bonchev–Trinajstić information content (AvgIpc) is 2.76. The fourth-order valence-corrected chi connectivity index (χ4v) is 2.23. The van der Waals surface area contributed by atoms with Gasteiger partial charge >= 0.3 is 0 Å². The van der Waals surface area contributed by atoms with Crippen LogP contribution in [-0.2, 0) is 0 Å². The number of nitrogens with zero attached hydrogens (tertiary/aromatic N) is 1. The van der Waals surface area contributed by atoms with Crippen molar-refractivity contribution in [1.82, 2.24) is 4.98 Å². The van der Waals surface area contributed by atoms with Gasteiger partial charge in [0, 0.05) is 0 Å². The number of hydrogen-bond acceptors (Lipinski definition) is 4. The van der Waals surface area contributed by atoms with Crippen LogP contribution in [0.1, 0.15) is 11.1 Å². The zero-order valence-electron chi connectivity index (χ0n) is 10.8. The Labute approximate surface area is 110 Å². The van der Waals surface area contributed by atoms with E-state index in [1.165, 1.54) is 0 Å². The SMILES string of the molecule is Cc1cc(C)c2oc(-c3cccc(N)c3O)nc2c1. The van der Waals surface area contributed by atoms with Gasteiger partial charge in [-0.2, -0.15) is 0 Å². The van der Waals surface area contributed by atoms with E-state index in [4.69, 9.17) is 10.2 Å². The number of phenolic OH excluding ortho intramolecular Hbond substituents is 1. The number of phenols is 1. The maximum atomic E-state index is 9.98. The second-order valence-electron chi connectivity index (χ2n) is 4.69. The number of aromatic nitrogens is 1. The first-order chi connectivity index (χ1) is 9.06. The van der Waals surface area contributed by atoms with E-state index >= 15 is 0 Å². The first-order valence-corrected chi connectivity index (χ1v) is 6.02. The lowest BCUT2D eigenvalue weighted by Crippen LogP contribution is -1.87. The second kappa shape index (κ2) is 4.02. The van der Waals surface area contributed by atoms with Crippen molar-refractivity contribution in [2.24, 2.45) is 0 Å². The lowest BCUT2D eigenvalue weighted by molar-refractivity contribution is 0.476. The van der Waals surface area contributed by atoms with Gasteiger partial charge in [-0.15, -0.1) is 0 Å². The summed E-state index contributed by atoms with van der Waals surface area (Å²) in [6.07, 6.45) is 0. The summed E-state index contributed by atoms with van der Waals surface area (Å²) < 4.78 is 5.75. The van der Waals surface area contributed by atoms with Crippen molar-refractivity contribution < 1.29 is 9.52 Å². The molecular weight excluding hydrogens is 240 g/mol. The van der Waals surface area contributed by atoms with Crippen LogP contribution in [-0.4, -0.2) is 10.1 Å². The number of nitrogens with two attached hydrogens (primary N) is 1. The van der Waals surface area contributed by atoms with Gasteiger partial charge in [0.2, 0.25) is 5.89 Å². The standard InChI is InChI=1S/C15H14N2O2/c1-8-6-9(2)14-12(7-8)17-15(19-14)10-4-3-5-11(16)13(10)18/h3-7,18H,16H2,1-2H3.